The number of hydrogen-bond donors (Lipinski definition) is 0. The molecule has 0 aliphatic rings. The van der Waals surface area contributed by atoms with Crippen LogP contribution in [0.15, 0.2) is 55.7 Å². The van der Waals surface area contributed by atoms with Crippen LogP contribution in [0.4, 0.5) is 0 Å². The van der Waals surface area contributed by atoms with Gasteiger partial charge in [-0.05, 0) is 48.6 Å². The summed E-state index contributed by atoms with van der Waals surface area (Å²) in [4.78, 5) is 0. The highest BCUT2D eigenvalue weighted by atomic mass is 14.1. The summed E-state index contributed by atoms with van der Waals surface area (Å²) in [6.07, 6.45) is 8.07. The summed E-state index contributed by atoms with van der Waals surface area (Å²) in [5.74, 6) is 0. The molecule has 0 heteroatoms. The molecule has 0 aliphatic heterocycles. The molecule has 0 aromatic heterocycles. The van der Waals surface area contributed by atoms with E-state index in [0.717, 1.165) is 16.7 Å². The molecule has 88 valence electrons. The van der Waals surface area contributed by atoms with Crippen LogP contribution < -0.4 is 0 Å². The molecule has 0 unspecified atom stereocenters. The SMILES string of the molecule is C=C(/C=C\C)c1ccc(C(=C)/C=C\C)c(C)c1. The molecule has 0 nitrogen and oxygen atoms in total. The lowest BCUT2D eigenvalue weighted by molar-refractivity contribution is 1.41. The van der Waals surface area contributed by atoms with Crippen molar-refractivity contribution >= 4 is 11.1 Å². The van der Waals surface area contributed by atoms with E-state index in [1.165, 1.54) is 11.1 Å². The number of hydrogen-bond acceptors (Lipinski definition) is 0. The predicted molar refractivity (Wildman–Crippen MR) is 78.9 cm³/mol. The Bertz CT molecular complexity index is 485. The first-order chi connectivity index (χ1) is 8.10. The minimum atomic E-state index is 1.04. The van der Waals surface area contributed by atoms with Crippen LogP contribution in [0.2, 0.25) is 0 Å². The zero-order valence-electron chi connectivity index (χ0n) is 11.0. The Morgan fingerprint density at radius 3 is 2.12 bits per heavy atom. The van der Waals surface area contributed by atoms with Crippen molar-refractivity contribution in [2.24, 2.45) is 0 Å². The van der Waals surface area contributed by atoms with E-state index in [0.29, 0.717) is 0 Å². The van der Waals surface area contributed by atoms with Gasteiger partial charge in [0.15, 0.2) is 0 Å². The minimum absolute atomic E-state index is 1.04. The van der Waals surface area contributed by atoms with Gasteiger partial charge in [0.1, 0.15) is 0 Å². The molecule has 0 saturated heterocycles. The van der Waals surface area contributed by atoms with Crippen LogP contribution in [0.1, 0.15) is 30.5 Å². The maximum Gasteiger partial charge on any atom is -0.0160 e. The van der Waals surface area contributed by atoms with Gasteiger partial charge >= 0.3 is 0 Å². The predicted octanol–water partition coefficient (Wildman–Crippen LogP) is 5.17. The average Bonchev–Trinajstić information content (AvgIpc) is 2.29. The van der Waals surface area contributed by atoms with E-state index >= 15 is 0 Å². The fourth-order valence-electron chi connectivity index (χ4n) is 1.81. The first kappa shape index (κ1) is 13.2. The highest BCUT2D eigenvalue weighted by Gasteiger charge is 2.02. The topological polar surface area (TPSA) is 0 Å². The summed E-state index contributed by atoms with van der Waals surface area (Å²) in [5.41, 5.74) is 5.68. The zero-order chi connectivity index (χ0) is 12.8. The monoisotopic (exact) mass is 224 g/mol. The summed E-state index contributed by atoms with van der Waals surface area (Å²) in [6, 6.07) is 6.37. The number of aryl methyl sites for hydroxylation is 1. The molecule has 0 bridgehead atoms. The highest BCUT2D eigenvalue weighted by Crippen LogP contribution is 2.23. The smallest absolute Gasteiger partial charge is 0.0160 e. The second kappa shape index (κ2) is 6.05. The van der Waals surface area contributed by atoms with Crippen molar-refractivity contribution in [1.29, 1.82) is 0 Å². The molecule has 0 fully saturated rings. The van der Waals surface area contributed by atoms with E-state index in [1.807, 2.05) is 38.2 Å². The fourth-order valence-corrected chi connectivity index (χ4v) is 1.81. The average molecular weight is 224 g/mol. The number of benzene rings is 1. The standard InChI is InChI=1S/C17H20/c1-6-8-13(3)16-10-11-17(15(5)12-16)14(4)9-7-2/h6-12H,3-4H2,1-2,5H3/b8-6-,9-7-. The minimum Gasteiger partial charge on any atom is -0.0912 e. The molecule has 0 atom stereocenters. The summed E-state index contributed by atoms with van der Waals surface area (Å²) < 4.78 is 0. The molecule has 0 spiro atoms. The molecule has 0 amide bonds. The van der Waals surface area contributed by atoms with Crippen molar-refractivity contribution in [1.82, 2.24) is 0 Å². The van der Waals surface area contributed by atoms with Crippen LogP contribution in [0.25, 0.3) is 11.1 Å². The molecule has 1 aromatic carbocycles. The zero-order valence-corrected chi connectivity index (χ0v) is 11.0. The van der Waals surface area contributed by atoms with E-state index in [-0.39, 0.29) is 0 Å². The number of rotatable bonds is 4. The molecule has 0 saturated carbocycles. The Morgan fingerprint density at radius 1 is 1.00 bits per heavy atom. The fraction of sp³-hybridized carbons (Fsp3) is 0.176. The maximum atomic E-state index is 4.06. The van der Waals surface area contributed by atoms with Crippen LogP contribution in [-0.2, 0) is 0 Å². The van der Waals surface area contributed by atoms with Crippen molar-refractivity contribution in [2.75, 3.05) is 0 Å². The van der Waals surface area contributed by atoms with Gasteiger partial charge in [0.2, 0.25) is 0 Å². The largest absolute Gasteiger partial charge is 0.0912 e. The third kappa shape index (κ3) is 3.32. The Hall–Kier alpha value is -1.82. The van der Waals surface area contributed by atoms with E-state index in [9.17, 15) is 0 Å². The molecular formula is C17H20. The second-order valence-electron chi connectivity index (χ2n) is 4.08. The van der Waals surface area contributed by atoms with Crippen molar-refractivity contribution < 1.29 is 0 Å². The third-order valence-corrected chi connectivity index (χ3v) is 2.68. The van der Waals surface area contributed by atoms with E-state index in [1.54, 1.807) is 0 Å². The van der Waals surface area contributed by atoms with E-state index < -0.39 is 0 Å². The Labute approximate surface area is 105 Å². The quantitative estimate of drug-likeness (QED) is 0.619. The lowest BCUT2D eigenvalue weighted by atomic mass is 9.96. The Morgan fingerprint density at radius 2 is 1.59 bits per heavy atom. The van der Waals surface area contributed by atoms with Crippen molar-refractivity contribution in [3.05, 3.63) is 72.4 Å². The molecule has 1 rings (SSSR count). The molecule has 0 heterocycles. The maximum absolute atomic E-state index is 4.06. The van der Waals surface area contributed by atoms with Crippen LogP contribution in [0.5, 0.6) is 0 Å². The normalized spacial score (nSPS) is 11.2. The summed E-state index contributed by atoms with van der Waals surface area (Å²) in [6.45, 7) is 14.2. The molecule has 1 aromatic rings. The van der Waals surface area contributed by atoms with Gasteiger partial charge in [0.05, 0.1) is 0 Å². The van der Waals surface area contributed by atoms with Crippen molar-refractivity contribution in [3.8, 4) is 0 Å². The van der Waals surface area contributed by atoms with Gasteiger partial charge in [-0.1, -0.05) is 55.7 Å². The Balaban J connectivity index is 3.10. The highest BCUT2D eigenvalue weighted by molar-refractivity contribution is 5.78. The third-order valence-electron chi connectivity index (χ3n) is 2.68. The van der Waals surface area contributed by atoms with Gasteiger partial charge in [0, 0.05) is 0 Å². The first-order valence-corrected chi connectivity index (χ1v) is 5.84. The van der Waals surface area contributed by atoms with Crippen LogP contribution in [0.3, 0.4) is 0 Å². The van der Waals surface area contributed by atoms with Gasteiger partial charge in [-0.25, -0.2) is 0 Å². The Kier molecular flexibility index (Phi) is 4.71. The van der Waals surface area contributed by atoms with Crippen LogP contribution in [0, 0.1) is 6.92 Å². The molecule has 0 N–H and O–H groups in total. The van der Waals surface area contributed by atoms with Gasteiger partial charge < -0.3 is 0 Å². The molecule has 0 aliphatic carbocycles. The molecule has 17 heavy (non-hydrogen) atoms. The van der Waals surface area contributed by atoms with Gasteiger partial charge in [-0.2, -0.15) is 0 Å². The second-order valence-corrected chi connectivity index (χ2v) is 4.08. The van der Waals surface area contributed by atoms with Gasteiger partial charge in [0.25, 0.3) is 0 Å². The summed E-state index contributed by atoms with van der Waals surface area (Å²) in [5, 5.41) is 0. The van der Waals surface area contributed by atoms with Crippen LogP contribution in [-0.4, -0.2) is 0 Å². The van der Waals surface area contributed by atoms with E-state index in [4.69, 9.17) is 0 Å². The van der Waals surface area contributed by atoms with E-state index in [2.05, 4.69) is 38.3 Å². The van der Waals surface area contributed by atoms with Crippen LogP contribution >= 0.6 is 0 Å². The van der Waals surface area contributed by atoms with Crippen molar-refractivity contribution in [2.45, 2.75) is 20.8 Å². The van der Waals surface area contributed by atoms with Gasteiger partial charge in [-0.15, -0.1) is 0 Å². The first-order valence-electron chi connectivity index (χ1n) is 5.84. The lowest BCUT2D eigenvalue weighted by Crippen LogP contribution is -1.88. The lowest BCUT2D eigenvalue weighted by Gasteiger charge is -2.09. The molecule has 0 radical (unpaired) electrons. The molecular weight excluding hydrogens is 204 g/mol. The summed E-state index contributed by atoms with van der Waals surface area (Å²) >= 11 is 0. The van der Waals surface area contributed by atoms with Gasteiger partial charge in [-0.3, -0.25) is 0 Å². The summed E-state index contributed by atoms with van der Waals surface area (Å²) in [7, 11) is 0. The number of allylic oxidation sites excluding steroid dienone is 6. The van der Waals surface area contributed by atoms with Crippen molar-refractivity contribution in [3.63, 3.8) is 0 Å².